The SMILES string of the molecule is CCC1C2=C(CCCC2)C(=O)N1SSc1ccc(Br)cc1F. The molecule has 1 aliphatic carbocycles. The lowest BCUT2D eigenvalue weighted by Crippen LogP contribution is -2.28. The molecule has 1 aromatic rings. The van der Waals surface area contributed by atoms with E-state index >= 15 is 0 Å². The molecule has 0 N–H and O–H groups in total. The van der Waals surface area contributed by atoms with Crippen LogP contribution in [0.25, 0.3) is 0 Å². The summed E-state index contributed by atoms with van der Waals surface area (Å²) in [5, 5.41) is 0. The normalized spacial score (nSPS) is 21.5. The van der Waals surface area contributed by atoms with Crippen molar-refractivity contribution in [3.05, 3.63) is 39.6 Å². The molecule has 0 radical (unpaired) electrons. The number of hydrogen-bond acceptors (Lipinski definition) is 3. The lowest BCUT2D eigenvalue weighted by Gasteiger charge is -2.24. The third kappa shape index (κ3) is 3.10. The molecule has 22 heavy (non-hydrogen) atoms. The van der Waals surface area contributed by atoms with Crippen molar-refractivity contribution in [1.82, 2.24) is 4.31 Å². The summed E-state index contributed by atoms with van der Waals surface area (Å²) in [4.78, 5) is 13.2. The van der Waals surface area contributed by atoms with E-state index < -0.39 is 0 Å². The van der Waals surface area contributed by atoms with Gasteiger partial charge in [-0.25, -0.2) is 4.39 Å². The molecule has 1 amide bonds. The number of nitrogens with zero attached hydrogens (tertiary/aromatic N) is 1. The van der Waals surface area contributed by atoms with E-state index in [-0.39, 0.29) is 17.8 Å². The highest BCUT2D eigenvalue weighted by Crippen LogP contribution is 2.46. The Morgan fingerprint density at radius 3 is 2.86 bits per heavy atom. The Labute approximate surface area is 146 Å². The molecule has 0 saturated heterocycles. The molecule has 0 bridgehead atoms. The maximum Gasteiger partial charge on any atom is 0.260 e. The highest BCUT2D eigenvalue weighted by molar-refractivity contribution is 9.10. The quantitative estimate of drug-likeness (QED) is 0.474. The topological polar surface area (TPSA) is 20.3 Å². The zero-order valence-corrected chi connectivity index (χ0v) is 15.5. The molecule has 2 nitrogen and oxygen atoms in total. The standard InChI is InChI=1S/C16H17BrFNOS2/c1-2-14-11-5-3-4-6-12(11)16(20)19(14)22-21-15-8-7-10(17)9-13(15)18/h7-9,14H,2-6H2,1H3. The summed E-state index contributed by atoms with van der Waals surface area (Å²) in [6.45, 7) is 2.11. The van der Waals surface area contributed by atoms with E-state index in [2.05, 4.69) is 22.9 Å². The number of carbonyl (C=O) groups excluding carboxylic acids is 1. The molecule has 0 aromatic heterocycles. The van der Waals surface area contributed by atoms with Crippen LogP contribution in [0.1, 0.15) is 39.0 Å². The van der Waals surface area contributed by atoms with E-state index in [4.69, 9.17) is 0 Å². The average Bonchev–Trinajstić information content (AvgIpc) is 2.79. The van der Waals surface area contributed by atoms with Crippen LogP contribution in [-0.2, 0) is 4.79 Å². The summed E-state index contributed by atoms with van der Waals surface area (Å²) in [7, 11) is 2.69. The smallest absolute Gasteiger partial charge is 0.260 e. The van der Waals surface area contributed by atoms with Crippen LogP contribution in [-0.4, -0.2) is 16.3 Å². The second-order valence-corrected chi connectivity index (χ2v) is 8.51. The predicted molar refractivity (Wildman–Crippen MR) is 94.0 cm³/mol. The van der Waals surface area contributed by atoms with E-state index in [9.17, 15) is 9.18 Å². The third-order valence-electron chi connectivity index (χ3n) is 4.14. The fourth-order valence-corrected chi connectivity index (χ4v) is 5.79. The molecule has 118 valence electrons. The Kier molecular flexibility index (Phi) is 5.20. The lowest BCUT2D eigenvalue weighted by molar-refractivity contribution is -0.122. The molecular weight excluding hydrogens is 385 g/mol. The first kappa shape index (κ1) is 16.4. The van der Waals surface area contributed by atoms with E-state index in [1.165, 1.54) is 39.8 Å². The third-order valence-corrected chi connectivity index (χ3v) is 7.05. The van der Waals surface area contributed by atoms with Gasteiger partial charge in [0.2, 0.25) is 0 Å². The van der Waals surface area contributed by atoms with Gasteiger partial charge in [0.25, 0.3) is 5.91 Å². The van der Waals surface area contributed by atoms with Crippen LogP contribution >= 0.6 is 37.7 Å². The van der Waals surface area contributed by atoms with Gasteiger partial charge >= 0.3 is 0 Å². The Morgan fingerprint density at radius 2 is 2.14 bits per heavy atom. The minimum Gasteiger partial charge on any atom is -0.268 e. The second kappa shape index (κ2) is 6.97. The second-order valence-electron chi connectivity index (χ2n) is 5.50. The van der Waals surface area contributed by atoms with Crippen LogP contribution in [0.5, 0.6) is 0 Å². The molecule has 3 rings (SSSR count). The van der Waals surface area contributed by atoms with Crippen molar-refractivity contribution >= 4 is 43.6 Å². The molecule has 6 heteroatoms. The van der Waals surface area contributed by atoms with Crippen LogP contribution in [0.3, 0.4) is 0 Å². The molecule has 1 aliphatic heterocycles. The molecule has 0 spiro atoms. The molecule has 1 aromatic carbocycles. The molecule has 1 heterocycles. The number of rotatable bonds is 4. The summed E-state index contributed by atoms with van der Waals surface area (Å²) in [5.41, 5.74) is 2.34. The summed E-state index contributed by atoms with van der Waals surface area (Å²) >= 11 is 3.26. The minimum atomic E-state index is -0.260. The van der Waals surface area contributed by atoms with Crippen molar-refractivity contribution in [2.75, 3.05) is 0 Å². The maximum atomic E-state index is 13.9. The predicted octanol–water partition coefficient (Wildman–Crippen LogP) is 5.73. The Balaban J connectivity index is 1.74. The Morgan fingerprint density at radius 1 is 1.36 bits per heavy atom. The minimum absolute atomic E-state index is 0.136. The summed E-state index contributed by atoms with van der Waals surface area (Å²) in [5.74, 6) is -0.124. The molecule has 0 saturated carbocycles. The van der Waals surface area contributed by atoms with Crippen molar-refractivity contribution in [3.63, 3.8) is 0 Å². The number of carbonyl (C=O) groups is 1. The van der Waals surface area contributed by atoms with Crippen LogP contribution in [0.2, 0.25) is 0 Å². The van der Waals surface area contributed by atoms with E-state index in [1.807, 2.05) is 10.4 Å². The zero-order chi connectivity index (χ0) is 15.7. The van der Waals surface area contributed by atoms with Crippen LogP contribution in [0.4, 0.5) is 4.39 Å². The highest BCUT2D eigenvalue weighted by Gasteiger charge is 2.39. The van der Waals surface area contributed by atoms with Gasteiger partial charge in [0, 0.05) is 21.0 Å². The zero-order valence-electron chi connectivity index (χ0n) is 12.3. The monoisotopic (exact) mass is 401 g/mol. The van der Waals surface area contributed by atoms with E-state index in [0.29, 0.717) is 4.90 Å². The van der Waals surface area contributed by atoms with Crippen molar-refractivity contribution in [2.24, 2.45) is 0 Å². The van der Waals surface area contributed by atoms with Gasteiger partial charge in [0.1, 0.15) is 5.82 Å². The Hall–Kier alpha value is -0.460. The molecular formula is C16H17BrFNOS2. The van der Waals surface area contributed by atoms with Crippen molar-refractivity contribution in [1.29, 1.82) is 0 Å². The van der Waals surface area contributed by atoms with Gasteiger partial charge in [-0.2, -0.15) is 0 Å². The maximum absolute atomic E-state index is 13.9. The largest absolute Gasteiger partial charge is 0.268 e. The van der Waals surface area contributed by atoms with Gasteiger partial charge < -0.3 is 0 Å². The summed E-state index contributed by atoms with van der Waals surface area (Å²) in [6, 6.07) is 5.19. The van der Waals surface area contributed by atoms with Gasteiger partial charge in [-0.15, -0.1) is 0 Å². The van der Waals surface area contributed by atoms with Crippen molar-refractivity contribution < 1.29 is 9.18 Å². The highest BCUT2D eigenvalue weighted by atomic mass is 79.9. The van der Waals surface area contributed by atoms with Crippen LogP contribution in [0.15, 0.2) is 38.7 Å². The van der Waals surface area contributed by atoms with Crippen molar-refractivity contribution in [2.45, 2.75) is 50.0 Å². The molecule has 1 unspecified atom stereocenters. The van der Waals surface area contributed by atoms with Gasteiger partial charge in [0.15, 0.2) is 0 Å². The van der Waals surface area contributed by atoms with Gasteiger partial charge in [-0.05, 0) is 66.7 Å². The average molecular weight is 402 g/mol. The first-order chi connectivity index (χ1) is 10.6. The van der Waals surface area contributed by atoms with E-state index in [1.54, 1.807) is 6.07 Å². The molecule has 0 fully saturated rings. The fraction of sp³-hybridized carbons (Fsp3) is 0.438. The lowest BCUT2D eigenvalue weighted by atomic mass is 9.90. The van der Waals surface area contributed by atoms with Crippen LogP contribution in [0, 0.1) is 5.82 Å². The summed E-state index contributed by atoms with van der Waals surface area (Å²) in [6.07, 6.45) is 5.14. The number of hydrogen-bond donors (Lipinski definition) is 0. The van der Waals surface area contributed by atoms with Crippen LogP contribution < -0.4 is 0 Å². The van der Waals surface area contributed by atoms with Gasteiger partial charge in [-0.3, -0.25) is 9.10 Å². The first-order valence-electron chi connectivity index (χ1n) is 7.47. The van der Waals surface area contributed by atoms with Crippen molar-refractivity contribution in [3.8, 4) is 0 Å². The number of benzene rings is 1. The van der Waals surface area contributed by atoms with E-state index in [0.717, 1.165) is 35.7 Å². The number of halogens is 2. The summed E-state index contributed by atoms with van der Waals surface area (Å²) < 4.78 is 16.5. The van der Waals surface area contributed by atoms with Gasteiger partial charge in [-0.1, -0.05) is 22.9 Å². The first-order valence-corrected chi connectivity index (χ1v) is 10.4. The molecule has 2 aliphatic rings. The Bertz CT molecular complexity index is 635. The molecule has 1 atom stereocenters. The fourth-order valence-electron chi connectivity index (χ4n) is 3.08. The number of amides is 1. The van der Waals surface area contributed by atoms with Gasteiger partial charge in [0.05, 0.1) is 10.9 Å².